The van der Waals surface area contributed by atoms with Crippen LogP contribution < -0.4 is 16.3 Å². The van der Waals surface area contributed by atoms with Gasteiger partial charge in [-0.2, -0.15) is 4.98 Å². The Hall–Kier alpha value is -2.05. The second kappa shape index (κ2) is 8.00. The van der Waals surface area contributed by atoms with Crippen molar-refractivity contribution in [2.75, 3.05) is 25.0 Å². The number of hydrogen-bond acceptors (Lipinski definition) is 6. The van der Waals surface area contributed by atoms with E-state index >= 15 is 0 Å². The molecule has 1 unspecified atom stereocenters. The Morgan fingerprint density at radius 1 is 1.38 bits per heavy atom. The van der Waals surface area contributed by atoms with Gasteiger partial charge >= 0.3 is 5.69 Å². The zero-order valence-corrected chi connectivity index (χ0v) is 17.7. The van der Waals surface area contributed by atoms with E-state index < -0.39 is 17.1 Å². The number of piperidine rings is 1. The summed E-state index contributed by atoms with van der Waals surface area (Å²) >= 11 is 1.99. The predicted octanol–water partition coefficient (Wildman–Crippen LogP) is 1.59. The molecule has 2 fully saturated rings. The molecule has 1 aromatic carbocycles. The minimum atomic E-state index is -0.957. The maximum atomic E-state index is 14.2. The van der Waals surface area contributed by atoms with E-state index in [0.717, 1.165) is 29.4 Å². The fourth-order valence-corrected chi connectivity index (χ4v) is 4.29. The van der Waals surface area contributed by atoms with E-state index in [1.54, 1.807) is 6.07 Å². The van der Waals surface area contributed by atoms with Crippen molar-refractivity contribution < 1.29 is 14.3 Å². The molecule has 4 rings (SSSR count). The van der Waals surface area contributed by atoms with Gasteiger partial charge in [0.15, 0.2) is 5.82 Å². The molecule has 8 nitrogen and oxygen atoms in total. The quantitative estimate of drug-likeness (QED) is 0.463. The number of nitrogens with one attached hydrogen (secondary N) is 3. The van der Waals surface area contributed by atoms with E-state index in [0.29, 0.717) is 0 Å². The Kier molecular flexibility index (Phi) is 5.58. The van der Waals surface area contributed by atoms with E-state index in [4.69, 9.17) is 0 Å². The first-order valence-corrected chi connectivity index (χ1v) is 10.5. The zero-order valence-electron chi connectivity index (χ0n) is 15.5. The van der Waals surface area contributed by atoms with Gasteiger partial charge in [-0.15, -0.1) is 0 Å². The monoisotopic (exact) mass is 513 g/mol. The minimum absolute atomic E-state index is 0.0231. The molecule has 0 saturated carbocycles. The number of β-amino-alcohol motifs (C(OH)–C–C–N with tert-alkyl or cyclic N) is 1. The zero-order chi connectivity index (χ0) is 20.6. The fraction of sp³-hybridized carbons (Fsp3) is 0.421. The standard InChI is InChI=1S/C19H21FIN5O3/c20-13-7-11(21)4-5-14(13)24-16-12(8-23-18(28)25-16)17(27)26-9-19(29,10-26)15-3-1-2-6-22-15/h4-5,7-8,15,22,29H,1-3,6,9-10H2,(H2,23,24,25,28). The number of hydrogen-bond donors (Lipinski definition) is 4. The molecule has 1 amide bonds. The Morgan fingerprint density at radius 3 is 2.86 bits per heavy atom. The number of aliphatic hydroxyl groups is 1. The molecule has 29 heavy (non-hydrogen) atoms. The van der Waals surface area contributed by atoms with Crippen LogP contribution in [0.3, 0.4) is 0 Å². The van der Waals surface area contributed by atoms with Crippen LogP contribution in [0.25, 0.3) is 0 Å². The van der Waals surface area contributed by atoms with Crippen LogP contribution in [0.4, 0.5) is 15.9 Å². The third kappa shape index (κ3) is 4.14. The van der Waals surface area contributed by atoms with Crippen molar-refractivity contribution in [3.63, 3.8) is 0 Å². The lowest BCUT2D eigenvalue weighted by Gasteiger charge is -2.51. The number of likely N-dealkylation sites (tertiary alicyclic amines) is 1. The summed E-state index contributed by atoms with van der Waals surface area (Å²) in [6, 6.07) is 4.52. The molecule has 2 saturated heterocycles. The highest BCUT2D eigenvalue weighted by molar-refractivity contribution is 14.1. The van der Waals surface area contributed by atoms with Crippen LogP contribution in [-0.2, 0) is 0 Å². The maximum absolute atomic E-state index is 14.2. The van der Waals surface area contributed by atoms with Crippen molar-refractivity contribution in [1.82, 2.24) is 20.2 Å². The Bertz CT molecular complexity index is 986. The van der Waals surface area contributed by atoms with Crippen LogP contribution >= 0.6 is 22.6 Å². The number of halogens is 2. The lowest BCUT2D eigenvalue weighted by atomic mass is 9.81. The number of aromatic nitrogens is 2. The van der Waals surface area contributed by atoms with Crippen LogP contribution in [0, 0.1) is 9.39 Å². The molecule has 2 aliphatic rings. The van der Waals surface area contributed by atoms with Gasteiger partial charge in [-0.3, -0.25) is 4.79 Å². The number of carbonyl (C=O) groups excluding carboxylic acids is 1. The topological polar surface area (TPSA) is 110 Å². The molecule has 1 aromatic heterocycles. The van der Waals surface area contributed by atoms with Gasteiger partial charge in [-0.1, -0.05) is 6.42 Å². The summed E-state index contributed by atoms with van der Waals surface area (Å²) in [7, 11) is 0. The molecule has 0 aliphatic carbocycles. The van der Waals surface area contributed by atoms with Crippen molar-refractivity contribution in [1.29, 1.82) is 0 Å². The Morgan fingerprint density at radius 2 is 2.17 bits per heavy atom. The van der Waals surface area contributed by atoms with Crippen LogP contribution in [0.15, 0.2) is 29.2 Å². The fourth-order valence-electron chi connectivity index (χ4n) is 3.83. The first-order valence-electron chi connectivity index (χ1n) is 9.42. The van der Waals surface area contributed by atoms with E-state index in [-0.39, 0.29) is 42.1 Å². The smallest absolute Gasteiger partial charge is 0.346 e. The largest absolute Gasteiger partial charge is 0.385 e. The number of anilines is 2. The molecule has 10 heteroatoms. The molecule has 2 aliphatic heterocycles. The normalized spacial score (nSPS) is 20.8. The summed E-state index contributed by atoms with van der Waals surface area (Å²) < 4.78 is 14.9. The summed E-state index contributed by atoms with van der Waals surface area (Å²) in [6.07, 6.45) is 4.27. The van der Waals surface area contributed by atoms with Crippen molar-refractivity contribution >= 4 is 40.0 Å². The Labute approximate surface area is 180 Å². The number of aromatic amines is 1. The minimum Gasteiger partial charge on any atom is -0.385 e. The molecular formula is C19H21FIN5O3. The highest BCUT2D eigenvalue weighted by Gasteiger charge is 2.49. The van der Waals surface area contributed by atoms with Crippen molar-refractivity contribution in [3.8, 4) is 0 Å². The second-order valence-electron chi connectivity index (χ2n) is 7.48. The third-order valence-electron chi connectivity index (χ3n) is 5.40. The molecule has 2 aromatic rings. The van der Waals surface area contributed by atoms with Crippen molar-refractivity contribution in [2.45, 2.75) is 30.9 Å². The lowest BCUT2D eigenvalue weighted by Crippen LogP contribution is -2.72. The van der Waals surface area contributed by atoms with E-state index in [2.05, 4.69) is 20.6 Å². The maximum Gasteiger partial charge on any atom is 0.346 e. The van der Waals surface area contributed by atoms with Gasteiger partial charge in [0.25, 0.3) is 5.91 Å². The first kappa shape index (κ1) is 20.2. The molecule has 0 bridgehead atoms. The average Bonchev–Trinajstić information content (AvgIpc) is 2.68. The molecule has 4 N–H and O–H groups in total. The Balaban J connectivity index is 1.53. The van der Waals surface area contributed by atoms with Gasteiger partial charge in [0.05, 0.1) is 24.3 Å². The van der Waals surface area contributed by atoms with Crippen LogP contribution in [0.5, 0.6) is 0 Å². The molecular weight excluding hydrogens is 492 g/mol. The van der Waals surface area contributed by atoms with Gasteiger partial charge in [-0.25, -0.2) is 9.18 Å². The van der Waals surface area contributed by atoms with Crippen LogP contribution in [0.2, 0.25) is 0 Å². The molecule has 0 spiro atoms. The summed E-state index contributed by atoms with van der Waals surface area (Å²) in [5, 5.41) is 16.9. The molecule has 1 atom stereocenters. The molecule has 154 valence electrons. The number of rotatable bonds is 4. The molecule has 0 radical (unpaired) electrons. The van der Waals surface area contributed by atoms with Crippen LogP contribution in [-0.4, -0.2) is 57.2 Å². The van der Waals surface area contributed by atoms with E-state index in [1.807, 2.05) is 22.6 Å². The summed E-state index contributed by atoms with van der Waals surface area (Å²) in [5.41, 5.74) is -1.38. The number of nitrogens with zero attached hydrogens (tertiary/aromatic N) is 2. The van der Waals surface area contributed by atoms with Gasteiger partial charge in [-0.05, 0) is 60.2 Å². The number of benzene rings is 1. The van der Waals surface area contributed by atoms with Gasteiger partial charge in [0, 0.05) is 15.8 Å². The lowest BCUT2D eigenvalue weighted by molar-refractivity contribution is -0.108. The number of H-pyrrole nitrogens is 1. The van der Waals surface area contributed by atoms with Gasteiger partial charge < -0.3 is 25.6 Å². The van der Waals surface area contributed by atoms with Crippen molar-refractivity contribution in [3.05, 3.63) is 49.8 Å². The van der Waals surface area contributed by atoms with Gasteiger partial charge in [0.2, 0.25) is 0 Å². The SMILES string of the molecule is O=C(c1c[nH]c(=O)nc1Nc1ccc(I)cc1F)N1CC(O)(C2CCCCN2)C1. The van der Waals surface area contributed by atoms with Gasteiger partial charge in [0.1, 0.15) is 11.4 Å². The second-order valence-corrected chi connectivity index (χ2v) is 8.73. The highest BCUT2D eigenvalue weighted by atomic mass is 127. The number of amides is 1. The van der Waals surface area contributed by atoms with E-state index in [1.165, 1.54) is 23.2 Å². The van der Waals surface area contributed by atoms with Crippen LogP contribution in [0.1, 0.15) is 29.6 Å². The molecule has 3 heterocycles. The van der Waals surface area contributed by atoms with Crippen molar-refractivity contribution in [2.24, 2.45) is 0 Å². The summed E-state index contributed by atoms with van der Waals surface area (Å²) in [4.78, 5) is 32.3. The summed E-state index contributed by atoms with van der Waals surface area (Å²) in [5.74, 6) is -0.924. The highest BCUT2D eigenvalue weighted by Crippen LogP contribution is 2.31. The third-order valence-corrected chi connectivity index (χ3v) is 6.07. The summed E-state index contributed by atoms with van der Waals surface area (Å²) in [6.45, 7) is 1.25. The predicted molar refractivity (Wildman–Crippen MR) is 114 cm³/mol. The average molecular weight is 513 g/mol. The first-order chi connectivity index (χ1) is 13.9. The number of carbonyl (C=O) groups is 1. The van der Waals surface area contributed by atoms with E-state index in [9.17, 15) is 19.1 Å².